The average Bonchev–Trinajstić information content (AvgIpc) is 2.29. The van der Waals surface area contributed by atoms with E-state index in [0.717, 1.165) is 6.42 Å². The lowest BCUT2D eigenvalue weighted by molar-refractivity contribution is -0.181. The number of carbonyl (C=O) groups excluding carboxylic acids is 2. The summed E-state index contributed by atoms with van der Waals surface area (Å²) in [6, 6.07) is 0. The number of carbonyl (C=O) groups is 2. The van der Waals surface area contributed by atoms with E-state index < -0.39 is 17.4 Å². The van der Waals surface area contributed by atoms with Gasteiger partial charge in [0.25, 0.3) is 0 Å². The minimum atomic E-state index is -1.19. The van der Waals surface area contributed by atoms with Crippen molar-refractivity contribution in [1.82, 2.24) is 0 Å². The van der Waals surface area contributed by atoms with E-state index in [0.29, 0.717) is 0 Å². The third kappa shape index (κ3) is 3.03. The first kappa shape index (κ1) is 16.9. The van der Waals surface area contributed by atoms with Crippen LogP contribution in [0.15, 0.2) is 0 Å². The molecule has 0 N–H and O–H groups in total. The fraction of sp³-hybridized carbons (Fsp3) is 0.857. The lowest BCUT2D eigenvalue weighted by Gasteiger charge is -2.37. The Hall–Kier alpha value is -1.06. The van der Waals surface area contributed by atoms with Crippen molar-refractivity contribution in [2.24, 2.45) is 17.3 Å². The molecule has 4 nitrogen and oxygen atoms in total. The van der Waals surface area contributed by atoms with E-state index in [2.05, 4.69) is 0 Å². The molecule has 0 heterocycles. The Balaban J connectivity index is 5.57. The van der Waals surface area contributed by atoms with E-state index in [1.165, 1.54) is 0 Å². The molecule has 1 atom stereocenters. The molecule has 0 aliphatic rings. The zero-order valence-electron chi connectivity index (χ0n) is 12.4. The van der Waals surface area contributed by atoms with Crippen LogP contribution in [0.4, 0.5) is 0 Å². The highest BCUT2D eigenvalue weighted by Crippen LogP contribution is 2.40. The molecule has 0 aromatic heterocycles. The molecule has 0 fully saturated rings. The van der Waals surface area contributed by atoms with Gasteiger partial charge in [-0.25, -0.2) is 0 Å². The van der Waals surface area contributed by atoms with Crippen molar-refractivity contribution in [1.29, 1.82) is 0 Å². The van der Waals surface area contributed by atoms with Gasteiger partial charge in [-0.05, 0) is 25.7 Å². The number of rotatable bonds is 7. The third-order valence-electron chi connectivity index (χ3n) is 3.53. The fourth-order valence-electron chi connectivity index (χ4n) is 2.35. The Kier molecular flexibility index (Phi) is 6.96. The van der Waals surface area contributed by atoms with Gasteiger partial charge >= 0.3 is 11.9 Å². The Morgan fingerprint density at radius 2 is 1.33 bits per heavy atom. The lowest BCUT2D eigenvalue weighted by Crippen LogP contribution is -2.50. The molecule has 0 saturated carbocycles. The number of hydrogen-bond donors (Lipinski definition) is 0. The van der Waals surface area contributed by atoms with E-state index in [-0.39, 0.29) is 25.0 Å². The van der Waals surface area contributed by atoms with Crippen molar-refractivity contribution in [2.75, 3.05) is 13.2 Å². The standard InChI is InChI=1S/C14H26O4/c1-7-11(6)14(10(4)5,12(15)17-8-2)13(16)18-9-3/h10-11H,7-9H2,1-6H3. The van der Waals surface area contributed by atoms with Crippen LogP contribution < -0.4 is 0 Å². The second-order valence-corrected chi connectivity index (χ2v) is 4.77. The summed E-state index contributed by atoms with van der Waals surface area (Å²) in [6.07, 6.45) is 0.718. The average molecular weight is 258 g/mol. The van der Waals surface area contributed by atoms with E-state index in [1.807, 2.05) is 27.7 Å². The molecule has 1 unspecified atom stereocenters. The molecule has 0 aliphatic carbocycles. The van der Waals surface area contributed by atoms with Gasteiger partial charge in [0.15, 0.2) is 5.41 Å². The molecule has 4 heteroatoms. The summed E-state index contributed by atoms with van der Waals surface area (Å²) in [4.78, 5) is 24.6. The van der Waals surface area contributed by atoms with E-state index in [4.69, 9.17) is 9.47 Å². The summed E-state index contributed by atoms with van der Waals surface area (Å²) < 4.78 is 10.2. The first-order valence-corrected chi connectivity index (χ1v) is 6.73. The highest BCUT2D eigenvalue weighted by Gasteiger charge is 2.54. The molecule has 18 heavy (non-hydrogen) atoms. The van der Waals surface area contributed by atoms with Crippen LogP contribution in [0.3, 0.4) is 0 Å². The molecule has 0 saturated heterocycles. The second kappa shape index (κ2) is 7.39. The minimum absolute atomic E-state index is 0.115. The monoisotopic (exact) mass is 258 g/mol. The van der Waals surface area contributed by atoms with Crippen LogP contribution in [0.2, 0.25) is 0 Å². The van der Waals surface area contributed by atoms with Crippen molar-refractivity contribution in [2.45, 2.75) is 48.0 Å². The smallest absolute Gasteiger partial charge is 0.324 e. The normalized spacial score (nSPS) is 13.3. The first-order chi connectivity index (χ1) is 8.39. The summed E-state index contributed by atoms with van der Waals surface area (Å²) >= 11 is 0. The molecule has 0 aromatic rings. The van der Waals surface area contributed by atoms with Gasteiger partial charge < -0.3 is 9.47 Å². The zero-order chi connectivity index (χ0) is 14.3. The van der Waals surface area contributed by atoms with Gasteiger partial charge in [0.05, 0.1) is 13.2 Å². The van der Waals surface area contributed by atoms with Gasteiger partial charge in [0.1, 0.15) is 0 Å². The molecule has 0 rings (SSSR count). The summed E-state index contributed by atoms with van der Waals surface area (Å²) in [5, 5.41) is 0. The van der Waals surface area contributed by atoms with Gasteiger partial charge in [-0.15, -0.1) is 0 Å². The van der Waals surface area contributed by atoms with Crippen LogP contribution in [-0.4, -0.2) is 25.2 Å². The number of esters is 2. The topological polar surface area (TPSA) is 52.6 Å². The molecule has 0 amide bonds. The van der Waals surface area contributed by atoms with Crippen LogP contribution in [0.1, 0.15) is 48.0 Å². The van der Waals surface area contributed by atoms with E-state index in [1.54, 1.807) is 13.8 Å². The molecular weight excluding hydrogens is 232 g/mol. The van der Waals surface area contributed by atoms with Crippen molar-refractivity contribution in [3.63, 3.8) is 0 Å². The van der Waals surface area contributed by atoms with Crippen LogP contribution >= 0.6 is 0 Å². The van der Waals surface area contributed by atoms with Gasteiger partial charge in [-0.3, -0.25) is 9.59 Å². The Bertz CT molecular complexity index is 266. The fourth-order valence-corrected chi connectivity index (χ4v) is 2.35. The maximum Gasteiger partial charge on any atom is 0.324 e. The van der Waals surface area contributed by atoms with Crippen LogP contribution in [0.5, 0.6) is 0 Å². The first-order valence-electron chi connectivity index (χ1n) is 6.73. The molecule has 0 spiro atoms. The predicted molar refractivity (Wildman–Crippen MR) is 70.0 cm³/mol. The largest absolute Gasteiger partial charge is 0.465 e. The summed E-state index contributed by atoms with van der Waals surface area (Å²) in [5.41, 5.74) is -1.19. The highest BCUT2D eigenvalue weighted by atomic mass is 16.6. The summed E-state index contributed by atoms with van der Waals surface area (Å²) in [7, 11) is 0. The van der Waals surface area contributed by atoms with Crippen molar-refractivity contribution >= 4 is 11.9 Å². The van der Waals surface area contributed by atoms with Gasteiger partial charge in [-0.1, -0.05) is 34.1 Å². The second-order valence-electron chi connectivity index (χ2n) is 4.77. The molecule has 0 radical (unpaired) electrons. The van der Waals surface area contributed by atoms with Crippen molar-refractivity contribution < 1.29 is 19.1 Å². The summed E-state index contributed by atoms with van der Waals surface area (Å²) in [5.74, 6) is -1.21. The van der Waals surface area contributed by atoms with Gasteiger partial charge in [0, 0.05) is 0 Å². The van der Waals surface area contributed by atoms with Crippen molar-refractivity contribution in [3.8, 4) is 0 Å². The summed E-state index contributed by atoms with van der Waals surface area (Å²) in [6.45, 7) is 11.6. The predicted octanol–water partition coefficient (Wildman–Crippen LogP) is 2.80. The maximum atomic E-state index is 12.3. The Morgan fingerprint density at radius 1 is 0.944 bits per heavy atom. The van der Waals surface area contributed by atoms with Crippen LogP contribution in [0.25, 0.3) is 0 Å². The van der Waals surface area contributed by atoms with Gasteiger partial charge in [0.2, 0.25) is 0 Å². The minimum Gasteiger partial charge on any atom is -0.465 e. The maximum absolute atomic E-state index is 12.3. The van der Waals surface area contributed by atoms with Crippen LogP contribution in [-0.2, 0) is 19.1 Å². The quantitative estimate of drug-likeness (QED) is 0.520. The Morgan fingerprint density at radius 3 is 1.56 bits per heavy atom. The van der Waals surface area contributed by atoms with E-state index >= 15 is 0 Å². The lowest BCUT2D eigenvalue weighted by atomic mass is 9.67. The molecular formula is C14H26O4. The molecule has 106 valence electrons. The number of hydrogen-bond acceptors (Lipinski definition) is 4. The SMILES string of the molecule is CCOC(=O)C(C(=O)OCC)(C(C)C)C(C)CC. The third-order valence-corrected chi connectivity index (χ3v) is 3.53. The van der Waals surface area contributed by atoms with Crippen LogP contribution in [0, 0.1) is 17.3 Å². The Labute approximate surface area is 110 Å². The molecule has 0 aromatic carbocycles. The highest BCUT2D eigenvalue weighted by molar-refractivity contribution is 6.00. The zero-order valence-corrected chi connectivity index (χ0v) is 12.4. The molecule has 0 aliphatic heterocycles. The number of ether oxygens (including phenoxy) is 2. The van der Waals surface area contributed by atoms with Crippen molar-refractivity contribution in [3.05, 3.63) is 0 Å². The van der Waals surface area contributed by atoms with Gasteiger partial charge in [-0.2, -0.15) is 0 Å². The molecule has 0 bridgehead atoms. The van der Waals surface area contributed by atoms with E-state index in [9.17, 15) is 9.59 Å².